The summed E-state index contributed by atoms with van der Waals surface area (Å²) in [5, 5.41) is 8.06. The number of rotatable bonds is 4. The fourth-order valence-electron chi connectivity index (χ4n) is 2.66. The number of anilines is 3. The van der Waals surface area contributed by atoms with Gasteiger partial charge in [0.1, 0.15) is 17.3 Å². The molecular formula is C17H17ClN6O. The van der Waals surface area contributed by atoms with Crippen molar-refractivity contribution in [1.29, 1.82) is 0 Å². The number of aromatic nitrogens is 4. The van der Waals surface area contributed by atoms with Crippen LogP contribution in [0.1, 0.15) is 0 Å². The number of benzene rings is 1. The van der Waals surface area contributed by atoms with Gasteiger partial charge in [-0.3, -0.25) is 0 Å². The lowest BCUT2D eigenvalue weighted by Crippen LogP contribution is -2.36. The molecule has 0 bridgehead atoms. The van der Waals surface area contributed by atoms with E-state index in [1.807, 2.05) is 36.4 Å². The van der Waals surface area contributed by atoms with Gasteiger partial charge >= 0.3 is 0 Å². The third-order valence-electron chi connectivity index (χ3n) is 3.88. The predicted molar refractivity (Wildman–Crippen MR) is 96.9 cm³/mol. The smallest absolute Gasteiger partial charge is 0.246 e. The van der Waals surface area contributed by atoms with Crippen molar-refractivity contribution < 1.29 is 4.74 Å². The molecule has 1 saturated heterocycles. The summed E-state index contributed by atoms with van der Waals surface area (Å²) in [5.41, 5.74) is 1.75. The van der Waals surface area contributed by atoms with Crippen LogP contribution in [0.25, 0.3) is 5.69 Å². The SMILES string of the molecule is Clc1cc(Nc2ncn(-c3ccccc3)n2)cc(N2CCOCC2)n1. The van der Waals surface area contributed by atoms with Gasteiger partial charge in [-0.25, -0.2) is 9.67 Å². The van der Waals surface area contributed by atoms with Gasteiger partial charge in [0.15, 0.2) is 0 Å². The fourth-order valence-corrected chi connectivity index (χ4v) is 2.87. The third kappa shape index (κ3) is 3.72. The van der Waals surface area contributed by atoms with Gasteiger partial charge in [-0.2, -0.15) is 4.98 Å². The van der Waals surface area contributed by atoms with Crippen LogP contribution in [0, 0.1) is 0 Å². The molecule has 8 heteroatoms. The van der Waals surface area contributed by atoms with Gasteiger partial charge in [0, 0.05) is 24.8 Å². The Kier molecular flexibility index (Phi) is 4.49. The van der Waals surface area contributed by atoms with Crippen LogP contribution < -0.4 is 10.2 Å². The Morgan fingerprint density at radius 2 is 1.88 bits per heavy atom. The highest BCUT2D eigenvalue weighted by molar-refractivity contribution is 6.29. The van der Waals surface area contributed by atoms with Crippen molar-refractivity contribution in [1.82, 2.24) is 19.7 Å². The lowest BCUT2D eigenvalue weighted by molar-refractivity contribution is 0.122. The number of nitrogens with one attached hydrogen (secondary N) is 1. The molecule has 0 spiro atoms. The van der Waals surface area contributed by atoms with Crippen LogP contribution in [-0.4, -0.2) is 46.1 Å². The maximum atomic E-state index is 6.18. The summed E-state index contributed by atoms with van der Waals surface area (Å²) in [7, 11) is 0. The minimum Gasteiger partial charge on any atom is -0.378 e. The second kappa shape index (κ2) is 7.08. The second-order valence-corrected chi connectivity index (χ2v) is 6.00. The van der Waals surface area contributed by atoms with E-state index >= 15 is 0 Å². The van der Waals surface area contributed by atoms with Crippen LogP contribution in [0.4, 0.5) is 17.5 Å². The lowest BCUT2D eigenvalue weighted by atomic mass is 10.3. The molecule has 4 rings (SSSR count). The Labute approximate surface area is 150 Å². The molecule has 1 aliphatic heterocycles. The Balaban J connectivity index is 1.54. The number of nitrogens with zero attached hydrogens (tertiary/aromatic N) is 5. The van der Waals surface area contributed by atoms with E-state index in [0.717, 1.165) is 30.3 Å². The first kappa shape index (κ1) is 15.9. The Morgan fingerprint density at radius 1 is 1.08 bits per heavy atom. The maximum absolute atomic E-state index is 6.18. The van der Waals surface area contributed by atoms with Crippen molar-refractivity contribution in [3.63, 3.8) is 0 Å². The van der Waals surface area contributed by atoms with Crippen molar-refractivity contribution in [2.75, 3.05) is 36.5 Å². The summed E-state index contributed by atoms with van der Waals surface area (Å²) in [6.45, 7) is 2.99. The van der Waals surface area contributed by atoms with E-state index in [2.05, 4.69) is 25.3 Å². The van der Waals surface area contributed by atoms with Crippen LogP contribution >= 0.6 is 11.6 Å². The van der Waals surface area contributed by atoms with Gasteiger partial charge < -0.3 is 15.0 Å². The molecule has 1 fully saturated rings. The van der Waals surface area contributed by atoms with E-state index in [-0.39, 0.29) is 0 Å². The zero-order chi connectivity index (χ0) is 17.1. The van der Waals surface area contributed by atoms with E-state index in [4.69, 9.17) is 16.3 Å². The monoisotopic (exact) mass is 356 g/mol. The molecule has 1 aromatic carbocycles. The molecule has 1 N–H and O–H groups in total. The molecule has 0 atom stereocenters. The van der Waals surface area contributed by atoms with E-state index < -0.39 is 0 Å². The van der Waals surface area contributed by atoms with E-state index in [0.29, 0.717) is 24.3 Å². The number of hydrogen-bond donors (Lipinski definition) is 1. The van der Waals surface area contributed by atoms with Crippen LogP contribution in [-0.2, 0) is 4.74 Å². The summed E-state index contributed by atoms with van der Waals surface area (Å²) in [5.74, 6) is 1.32. The van der Waals surface area contributed by atoms with Gasteiger partial charge in [0.05, 0.1) is 18.9 Å². The Bertz CT molecular complexity index is 847. The molecule has 0 aliphatic carbocycles. The molecule has 0 radical (unpaired) electrons. The first-order valence-electron chi connectivity index (χ1n) is 8.02. The summed E-state index contributed by atoms with van der Waals surface area (Å²) in [6, 6.07) is 13.5. The second-order valence-electron chi connectivity index (χ2n) is 5.61. The van der Waals surface area contributed by atoms with Crippen molar-refractivity contribution in [3.8, 4) is 5.69 Å². The minimum atomic E-state index is 0.425. The fraction of sp³-hybridized carbons (Fsp3) is 0.235. The van der Waals surface area contributed by atoms with Gasteiger partial charge in [-0.1, -0.05) is 29.8 Å². The summed E-state index contributed by atoms with van der Waals surface area (Å²) in [6.07, 6.45) is 1.67. The Hall–Kier alpha value is -2.64. The standard InChI is InChI=1S/C17H17ClN6O/c18-15-10-13(11-16(21-15)23-6-8-25-9-7-23)20-17-19-12-24(22-17)14-4-2-1-3-5-14/h1-5,10-12H,6-9H2,(H,20,21,22). The zero-order valence-corrected chi connectivity index (χ0v) is 14.2. The highest BCUT2D eigenvalue weighted by Gasteiger charge is 2.14. The summed E-state index contributed by atoms with van der Waals surface area (Å²) < 4.78 is 7.10. The van der Waals surface area contributed by atoms with Gasteiger partial charge in [-0.15, -0.1) is 5.10 Å². The van der Waals surface area contributed by atoms with E-state index in [1.165, 1.54) is 0 Å². The molecule has 3 aromatic rings. The van der Waals surface area contributed by atoms with Crippen LogP contribution in [0.3, 0.4) is 0 Å². The van der Waals surface area contributed by atoms with Crippen LogP contribution in [0.15, 0.2) is 48.8 Å². The molecule has 0 saturated carbocycles. The Morgan fingerprint density at radius 3 is 2.68 bits per heavy atom. The quantitative estimate of drug-likeness (QED) is 0.725. The molecule has 0 amide bonds. The normalized spacial score (nSPS) is 14.5. The minimum absolute atomic E-state index is 0.425. The number of morpholine rings is 1. The van der Waals surface area contributed by atoms with E-state index in [1.54, 1.807) is 17.1 Å². The summed E-state index contributed by atoms with van der Waals surface area (Å²) in [4.78, 5) is 10.9. The number of pyridine rings is 1. The molecular weight excluding hydrogens is 340 g/mol. The van der Waals surface area contributed by atoms with Crippen molar-refractivity contribution in [3.05, 3.63) is 53.9 Å². The van der Waals surface area contributed by atoms with Gasteiger partial charge in [-0.05, 0) is 18.2 Å². The largest absolute Gasteiger partial charge is 0.378 e. The molecule has 7 nitrogen and oxygen atoms in total. The number of halogens is 1. The molecule has 3 heterocycles. The predicted octanol–water partition coefficient (Wildman–Crippen LogP) is 2.90. The van der Waals surface area contributed by atoms with Gasteiger partial charge in [0.2, 0.25) is 5.95 Å². The molecule has 2 aromatic heterocycles. The molecule has 128 valence electrons. The molecule has 0 unspecified atom stereocenters. The molecule has 1 aliphatic rings. The topological polar surface area (TPSA) is 68.1 Å². The van der Waals surface area contributed by atoms with Crippen molar-refractivity contribution in [2.24, 2.45) is 0 Å². The van der Waals surface area contributed by atoms with E-state index in [9.17, 15) is 0 Å². The van der Waals surface area contributed by atoms with Crippen LogP contribution in [0.5, 0.6) is 0 Å². The number of hydrogen-bond acceptors (Lipinski definition) is 6. The lowest BCUT2D eigenvalue weighted by Gasteiger charge is -2.28. The zero-order valence-electron chi connectivity index (χ0n) is 13.5. The first-order valence-corrected chi connectivity index (χ1v) is 8.40. The average molecular weight is 357 g/mol. The van der Waals surface area contributed by atoms with Crippen molar-refractivity contribution >= 4 is 29.1 Å². The van der Waals surface area contributed by atoms with Gasteiger partial charge in [0.25, 0.3) is 0 Å². The maximum Gasteiger partial charge on any atom is 0.246 e. The number of ether oxygens (including phenoxy) is 1. The van der Waals surface area contributed by atoms with Crippen molar-refractivity contribution in [2.45, 2.75) is 0 Å². The number of para-hydroxylation sites is 1. The highest BCUT2D eigenvalue weighted by atomic mass is 35.5. The summed E-state index contributed by atoms with van der Waals surface area (Å²) >= 11 is 6.18. The molecule has 25 heavy (non-hydrogen) atoms. The first-order chi connectivity index (χ1) is 12.3. The highest BCUT2D eigenvalue weighted by Crippen LogP contribution is 2.24. The third-order valence-corrected chi connectivity index (χ3v) is 4.08. The van der Waals surface area contributed by atoms with Crippen LogP contribution in [0.2, 0.25) is 5.15 Å². The average Bonchev–Trinajstić information content (AvgIpc) is 3.11.